The fourth-order valence-electron chi connectivity index (χ4n) is 3.94. The molecule has 4 aromatic rings. The molecule has 0 saturated carbocycles. The van der Waals surface area contributed by atoms with Gasteiger partial charge in [0.15, 0.2) is 0 Å². The Morgan fingerprint density at radius 2 is 1.55 bits per heavy atom. The molecule has 0 saturated heterocycles. The van der Waals surface area contributed by atoms with Crippen LogP contribution in [0, 0.1) is 6.92 Å². The van der Waals surface area contributed by atoms with Gasteiger partial charge in [-0.3, -0.25) is 14.2 Å². The van der Waals surface area contributed by atoms with Crippen LogP contribution in [0.15, 0.2) is 90.0 Å². The number of carbonyl (C=O) groups excluding carboxylic acids is 1. The second kappa shape index (κ2) is 8.96. The standard InChI is InChI=1S/C26H25N3O2/c1-19-10-9-15-22-24(19)27-18-29(26(22)31)17-16-23(30)28(2)25(20-11-5-3-6-12-20)21-13-7-4-8-14-21/h3-15,18,25H,16-17H2,1-2H3. The fraction of sp³-hybridized carbons (Fsp3) is 0.192. The summed E-state index contributed by atoms with van der Waals surface area (Å²) in [5, 5.41) is 0.578. The van der Waals surface area contributed by atoms with Crippen LogP contribution in [0.2, 0.25) is 0 Å². The van der Waals surface area contributed by atoms with Crippen LogP contribution in [-0.4, -0.2) is 27.4 Å². The second-order valence-electron chi connectivity index (χ2n) is 7.69. The van der Waals surface area contributed by atoms with Gasteiger partial charge >= 0.3 is 0 Å². The first-order valence-electron chi connectivity index (χ1n) is 10.4. The molecule has 0 N–H and O–H groups in total. The average Bonchev–Trinajstić information content (AvgIpc) is 2.80. The summed E-state index contributed by atoms with van der Waals surface area (Å²) in [5.74, 6) is -0.0334. The summed E-state index contributed by atoms with van der Waals surface area (Å²) in [6, 6.07) is 25.3. The maximum absolute atomic E-state index is 13.1. The van der Waals surface area contributed by atoms with Gasteiger partial charge in [-0.05, 0) is 29.7 Å². The Labute approximate surface area is 181 Å². The van der Waals surface area contributed by atoms with Gasteiger partial charge in [0, 0.05) is 20.0 Å². The number of benzene rings is 3. The van der Waals surface area contributed by atoms with Crippen LogP contribution in [-0.2, 0) is 11.3 Å². The highest BCUT2D eigenvalue weighted by molar-refractivity contribution is 5.80. The summed E-state index contributed by atoms with van der Waals surface area (Å²) in [6.45, 7) is 2.22. The minimum absolute atomic E-state index is 0.0334. The Morgan fingerprint density at radius 3 is 2.16 bits per heavy atom. The molecule has 0 atom stereocenters. The SMILES string of the molecule is Cc1cccc2c(=O)n(CCC(=O)N(C)C(c3ccccc3)c3ccccc3)cnc12. The van der Waals surface area contributed by atoms with Crippen molar-refractivity contribution in [2.75, 3.05) is 7.05 Å². The molecule has 4 rings (SSSR count). The molecule has 0 bridgehead atoms. The van der Waals surface area contributed by atoms with Gasteiger partial charge in [-0.2, -0.15) is 0 Å². The van der Waals surface area contributed by atoms with Crippen molar-refractivity contribution in [1.29, 1.82) is 0 Å². The molecule has 1 heterocycles. The number of hydrogen-bond acceptors (Lipinski definition) is 3. The van der Waals surface area contributed by atoms with Crippen molar-refractivity contribution < 1.29 is 4.79 Å². The van der Waals surface area contributed by atoms with Crippen molar-refractivity contribution in [2.24, 2.45) is 0 Å². The fourth-order valence-corrected chi connectivity index (χ4v) is 3.94. The number of fused-ring (bicyclic) bond motifs is 1. The molecule has 3 aromatic carbocycles. The van der Waals surface area contributed by atoms with Crippen LogP contribution in [0.1, 0.15) is 29.2 Å². The van der Waals surface area contributed by atoms with Crippen LogP contribution in [0.5, 0.6) is 0 Å². The normalized spacial score (nSPS) is 11.1. The van der Waals surface area contributed by atoms with E-state index < -0.39 is 0 Å². The number of amides is 1. The molecule has 0 aliphatic carbocycles. The van der Waals surface area contributed by atoms with E-state index in [0.29, 0.717) is 10.9 Å². The number of aromatic nitrogens is 2. The van der Waals surface area contributed by atoms with Gasteiger partial charge in [0.05, 0.1) is 23.3 Å². The lowest BCUT2D eigenvalue weighted by atomic mass is 9.97. The second-order valence-corrected chi connectivity index (χ2v) is 7.69. The molecule has 1 amide bonds. The number of nitrogens with zero attached hydrogens (tertiary/aromatic N) is 3. The quantitative estimate of drug-likeness (QED) is 0.474. The van der Waals surface area contributed by atoms with E-state index in [1.165, 1.54) is 10.9 Å². The maximum Gasteiger partial charge on any atom is 0.261 e. The molecule has 156 valence electrons. The van der Waals surface area contributed by atoms with Gasteiger partial charge in [-0.25, -0.2) is 4.98 Å². The zero-order valence-electron chi connectivity index (χ0n) is 17.7. The van der Waals surface area contributed by atoms with Gasteiger partial charge < -0.3 is 4.90 Å². The van der Waals surface area contributed by atoms with Gasteiger partial charge in [-0.1, -0.05) is 72.8 Å². The van der Waals surface area contributed by atoms with E-state index in [0.717, 1.165) is 16.7 Å². The van der Waals surface area contributed by atoms with Crippen LogP contribution >= 0.6 is 0 Å². The van der Waals surface area contributed by atoms with Gasteiger partial charge in [0.25, 0.3) is 5.56 Å². The van der Waals surface area contributed by atoms with Crippen molar-refractivity contribution >= 4 is 16.8 Å². The van der Waals surface area contributed by atoms with Gasteiger partial charge in [0.1, 0.15) is 0 Å². The third kappa shape index (κ3) is 4.26. The Morgan fingerprint density at radius 1 is 0.935 bits per heavy atom. The van der Waals surface area contributed by atoms with E-state index in [9.17, 15) is 9.59 Å². The summed E-state index contributed by atoms with van der Waals surface area (Å²) >= 11 is 0. The molecule has 0 unspecified atom stereocenters. The van der Waals surface area contributed by atoms with Crippen molar-refractivity contribution in [3.05, 3.63) is 112 Å². The predicted octanol–water partition coefficient (Wildman–Crippen LogP) is 4.34. The summed E-state index contributed by atoms with van der Waals surface area (Å²) in [4.78, 5) is 32.2. The molecule has 0 aliphatic rings. The van der Waals surface area contributed by atoms with E-state index in [-0.39, 0.29) is 30.5 Å². The third-order valence-corrected chi connectivity index (χ3v) is 5.63. The van der Waals surface area contributed by atoms with Crippen molar-refractivity contribution in [3.8, 4) is 0 Å². The largest absolute Gasteiger partial charge is 0.335 e. The zero-order valence-corrected chi connectivity index (χ0v) is 17.7. The monoisotopic (exact) mass is 411 g/mol. The predicted molar refractivity (Wildman–Crippen MR) is 123 cm³/mol. The number of rotatable bonds is 6. The highest BCUT2D eigenvalue weighted by atomic mass is 16.2. The molecule has 1 aromatic heterocycles. The first kappa shape index (κ1) is 20.5. The van der Waals surface area contributed by atoms with Gasteiger partial charge in [-0.15, -0.1) is 0 Å². The van der Waals surface area contributed by atoms with E-state index in [4.69, 9.17) is 0 Å². The lowest BCUT2D eigenvalue weighted by Gasteiger charge is -2.29. The summed E-state index contributed by atoms with van der Waals surface area (Å²) < 4.78 is 1.52. The molecule has 5 nitrogen and oxygen atoms in total. The highest BCUT2D eigenvalue weighted by Crippen LogP contribution is 2.28. The van der Waals surface area contributed by atoms with Crippen molar-refractivity contribution in [1.82, 2.24) is 14.5 Å². The molecule has 0 spiro atoms. The molecular formula is C26H25N3O2. The average molecular weight is 412 g/mol. The van der Waals surface area contributed by atoms with E-state index in [1.807, 2.05) is 86.8 Å². The Kier molecular flexibility index (Phi) is 5.94. The molecule has 0 fully saturated rings. The Bertz CT molecular complexity index is 1210. The first-order chi connectivity index (χ1) is 15.1. The van der Waals surface area contributed by atoms with Gasteiger partial charge in [0.2, 0.25) is 5.91 Å². The molecule has 0 aliphatic heterocycles. The molecular weight excluding hydrogens is 386 g/mol. The van der Waals surface area contributed by atoms with Crippen LogP contribution in [0.3, 0.4) is 0 Å². The Balaban J connectivity index is 1.57. The molecule has 31 heavy (non-hydrogen) atoms. The van der Waals surface area contributed by atoms with Crippen LogP contribution in [0.25, 0.3) is 10.9 Å². The molecule has 5 heteroatoms. The van der Waals surface area contributed by atoms with Crippen LogP contribution in [0.4, 0.5) is 0 Å². The van der Waals surface area contributed by atoms with E-state index in [2.05, 4.69) is 4.98 Å². The van der Waals surface area contributed by atoms with Crippen LogP contribution < -0.4 is 5.56 Å². The molecule has 0 radical (unpaired) electrons. The Hall–Kier alpha value is -3.73. The lowest BCUT2D eigenvalue weighted by molar-refractivity contribution is -0.131. The smallest absolute Gasteiger partial charge is 0.261 e. The zero-order chi connectivity index (χ0) is 21.8. The number of aryl methyl sites for hydroxylation is 2. The van der Waals surface area contributed by atoms with E-state index >= 15 is 0 Å². The maximum atomic E-state index is 13.1. The highest BCUT2D eigenvalue weighted by Gasteiger charge is 2.23. The lowest BCUT2D eigenvalue weighted by Crippen LogP contribution is -2.33. The summed E-state index contributed by atoms with van der Waals surface area (Å²) in [7, 11) is 1.82. The van der Waals surface area contributed by atoms with Crippen molar-refractivity contribution in [2.45, 2.75) is 25.9 Å². The van der Waals surface area contributed by atoms with E-state index in [1.54, 1.807) is 11.0 Å². The summed E-state index contributed by atoms with van der Waals surface area (Å²) in [5.41, 5.74) is 3.65. The third-order valence-electron chi connectivity index (χ3n) is 5.63. The topological polar surface area (TPSA) is 55.2 Å². The number of hydrogen-bond donors (Lipinski definition) is 0. The number of para-hydroxylation sites is 1. The van der Waals surface area contributed by atoms with Crippen molar-refractivity contribution in [3.63, 3.8) is 0 Å². The minimum Gasteiger partial charge on any atom is -0.335 e. The first-order valence-corrected chi connectivity index (χ1v) is 10.4. The number of carbonyl (C=O) groups is 1. The summed E-state index contributed by atoms with van der Waals surface area (Å²) in [6.07, 6.45) is 1.75. The minimum atomic E-state index is -0.191.